The Bertz CT molecular complexity index is 656. The summed E-state index contributed by atoms with van der Waals surface area (Å²) >= 11 is 0. The molecule has 0 aliphatic heterocycles. The second-order valence-corrected chi connectivity index (χ2v) is 5.71. The molecule has 0 bridgehead atoms. The molecule has 5 heteroatoms. The van der Waals surface area contributed by atoms with Crippen LogP contribution in [-0.4, -0.2) is 25.7 Å². The third-order valence-corrected chi connectivity index (χ3v) is 3.86. The van der Waals surface area contributed by atoms with Crippen LogP contribution in [0.3, 0.4) is 0 Å². The van der Waals surface area contributed by atoms with Gasteiger partial charge in [-0.25, -0.2) is 4.39 Å². The van der Waals surface area contributed by atoms with Crippen LogP contribution in [-0.2, 0) is 11.2 Å². The molecule has 0 unspecified atom stereocenters. The van der Waals surface area contributed by atoms with Crippen LogP contribution < -0.4 is 14.8 Å². The van der Waals surface area contributed by atoms with E-state index in [4.69, 9.17) is 9.47 Å². The fraction of sp³-hybridized carbons (Fsp3) is 0.350. The second-order valence-electron chi connectivity index (χ2n) is 5.71. The van der Waals surface area contributed by atoms with E-state index >= 15 is 0 Å². The number of methoxy groups -OCH3 is 1. The van der Waals surface area contributed by atoms with Gasteiger partial charge in [0.1, 0.15) is 17.3 Å². The molecule has 25 heavy (non-hydrogen) atoms. The standard InChI is InChI=1S/C20H24FNO3/c1-3-19(25-18-12-8-16(21)9-13-18)20(23)22-14-4-5-15-6-10-17(24-2)11-7-15/h6-13,19H,3-5,14H2,1-2H3,(H,22,23)/t19-/m0/s1. The maximum Gasteiger partial charge on any atom is 0.261 e. The summed E-state index contributed by atoms with van der Waals surface area (Å²) in [5, 5.41) is 2.90. The molecule has 0 aliphatic rings. The van der Waals surface area contributed by atoms with Gasteiger partial charge in [0.15, 0.2) is 6.10 Å². The van der Waals surface area contributed by atoms with Crippen molar-refractivity contribution in [1.29, 1.82) is 0 Å². The van der Waals surface area contributed by atoms with Gasteiger partial charge in [0.05, 0.1) is 7.11 Å². The van der Waals surface area contributed by atoms with Crippen molar-refractivity contribution in [3.8, 4) is 11.5 Å². The lowest BCUT2D eigenvalue weighted by Gasteiger charge is -2.17. The SMILES string of the molecule is CC[C@H](Oc1ccc(F)cc1)C(=O)NCCCc1ccc(OC)cc1. The van der Waals surface area contributed by atoms with Gasteiger partial charge in [-0.05, 0) is 61.2 Å². The lowest BCUT2D eigenvalue weighted by molar-refractivity contribution is -0.128. The predicted molar refractivity (Wildman–Crippen MR) is 95.4 cm³/mol. The van der Waals surface area contributed by atoms with E-state index in [1.807, 2.05) is 31.2 Å². The summed E-state index contributed by atoms with van der Waals surface area (Å²) in [5.74, 6) is 0.840. The molecule has 134 valence electrons. The van der Waals surface area contributed by atoms with Gasteiger partial charge >= 0.3 is 0 Å². The highest BCUT2D eigenvalue weighted by Crippen LogP contribution is 2.15. The van der Waals surface area contributed by atoms with Gasteiger partial charge in [0.2, 0.25) is 0 Å². The Morgan fingerprint density at radius 3 is 2.32 bits per heavy atom. The van der Waals surface area contributed by atoms with Gasteiger partial charge in [-0.3, -0.25) is 4.79 Å². The average molecular weight is 345 g/mol. The van der Waals surface area contributed by atoms with Gasteiger partial charge in [0, 0.05) is 6.54 Å². The normalized spacial score (nSPS) is 11.6. The Morgan fingerprint density at radius 1 is 1.08 bits per heavy atom. The summed E-state index contributed by atoms with van der Waals surface area (Å²) in [6, 6.07) is 13.6. The molecule has 2 aromatic rings. The van der Waals surface area contributed by atoms with Crippen molar-refractivity contribution >= 4 is 5.91 Å². The zero-order valence-electron chi connectivity index (χ0n) is 14.6. The number of benzene rings is 2. The molecule has 0 saturated heterocycles. The number of hydrogen-bond acceptors (Lipinski definition) is 3. The zero-order chi connectivity index (χ0) is 18.1. The molecule has 2 aromatic carbocycles. The van der Waals surface area contributed by atoms with Crippen LogP contribution in [0.15, 0.2) is 48.5 Å². The van der Waals surface area contributed by atoms with Crippen LogP contribution in [0.5, 0.6) is 11.5 Å². The number of ether oxygens (including phenoxy) is 2. The lowest BCUT2D eigenvalue weighted by atomic mass is 10.1. The molecular weight excluding hydrogens is 321 g/mol. The Hall–Kier alpha value is -2.56. The van der Waals surface area contributed by atoms with Crippen LogP contribution in [0.1, 0.15) is 25.3 Å². The van der Waals surface area contributed by atoms with E-state index in [-0.39, 0.29) is 11.7 Å². The minimum atomic E-state index is -0.577. The Morgan fingerprint density at radius 2 is 1.72 bits per heavy atom. The molecule has 2 rings (SSSR count). The van der Waals surface area contributed by atoms with Crippen LogP contribution in [0, 0.1) is 5.82 Å². The molecule has 1 amide bonds. The van der Waals surface area contributed by atoms with E-state index in [1.54, 1.807) is 7.11 Å². The van der Waals surface area contributed by atoms with Gasteiger partial charge in [-0.1, -0.05) is 19.1 Å². The van der Waals surface area contributed by atoms with Crippen LogP contribution in [0.25, 0.3) is 0 Å². The second kappa shape index (κ2) is 9.67. The molecule has 1 N–H and O–H groups in total. The van der Waals surface area contributed by atoms with Gasteiger partial charge in [-0.15, -0.1) is 0 Å². The molecule has 1 atom stereocenters. The van der Waals surface area contributed by atoms with Crippen molar-refractivity contribution < 1.29 is 18.7 Å². The minimum absolute atomic E-state index is 0.151. The van der Waals surface area contributed by atoms with Gasteiger partial charge in [-0.2, -0.15) is 0 Å². The predicted octanol–water partition coefficient (Wildman–Crippen LogP) is 3.74. The first kappa shape index (κ1) is 18.8. The van der Waals surface area contributed by atoms with Crippen LogP contribution in [0.4, 0.5) is 4.39 Å². The Balaban J connectivity index is 1.74. The van der Waals surface area contributed by atoms with E-state index in [9.17, 15) is 9.18 Å². The van der Waals surface area contributed by atoms with Crippen molar-refractivity contribution in [2.45, 2.75) is 32.3 Å². The van der Waals surface area contributed by atoms with Gasteiger partial charge < -0.3 is 14.8 Å². The average Bonchev–Trinajstić information content (AvgIpc) is 2.65. The zero-order valence-corrected chi connectivity index (χ0v) is 14.6. The van der Waals surface area contributed by atoms with Crippen molar-refractivity contribution in [3.63, 3.8) is 0 Å². The molecule has 4 nitrogen and oxygen atoms in total. The Labute approximate surface area is 148 Å². The van der Waals surface area contributed by atoms with E-state index in [2.05, 4.69) is 5.32 Å². The fourth-order valence-electron chi connectivity index (χ4n) is 2.41. The minimum Gasteiger partial charge on any atom is -0.497 e. The summed E-state index contributed by atoms with van der Waals surface area (Å²) in [4.78, 5) is 12.2. The van der Waals surface area contributed by atoms with Gasteiger partial charge in [0.25, 0.3) is 5.91 Å². The van der Waals surface area contributed by atoms with Crippen molar-refractivity contribution in [1.82, 2.24) is 5.32 Å². The van der Waals surface area contributed by atoms with Crippen LogP contribution in [0.2, 0.25) is 0 Å². The molecular formula is C20H24FNO3. The first-order valence-electron chi connectivity index (χ1n) is 8.45. The smallest absolute Gasteiger partial charge is 0.261 e. The van der Waals surface area contributed by atoms with E-state index in [0.29, 0.717) is 18.7 Å². The van der Waals surface area contributed by atoms with Crippen LogP contribution >= 0.6 is 0 Å². The first-order valence-corrected chi connectivity index (χ1v) is 8.45. The number of aryl methyl sites for hydroxylation is 1. The number of hydrogen-bond donors (Lipinski definition) is 1. The maximum atomic E-state index is 12.9. The molecule has 0 spiro atoms. The molecule has 0 saturated carbocycles. The number of nitrogens with one attached hydrogen (secondary N) is 1. The highest BCUT2D eigenvalue weighted by atomic mass is 19.1. The van der Waals surface area contributed by atoms with E-state index in [1.165, 1.54) is 29.8 Å². The highest BCUT2D eigenvalue weighted by molar-refractivity contribution is 5.81. The topological polar surface area (TPSA) is 47.6 Å². The number of carbonyl (C=O) groups excluding carboxylic acids is 1. The van der Waals surface area contributed by atoms with Crippen molar-refractivity contribution in [3.05, 3.63) is 59.9 Å². The molecule has 0 fully saturated rings. The summed E-state index contributed by atoms with van der Waals surface area (Å²) in [6.45, 7) is 2.46. The molecule has 0 radical (unpaired) electrons. The quantitative estimate of drug-likeness (QED) is 0.704. The first-order chi connectivity index (χ1) is 12.1. The summed E-state index contributed by atoms with van der Waals surface area (Å²) in [6.07, 6.45) is 1.68. The molecule has 0 aliphatic carbocycles. The third kappa shape index (κ3) is 6.10. The number of rotatable bonds is 9. The lowest BCUT2D eigenvalue weighted by Crippen LogP contribution is -2.38. The van der Waals surface area contributed by atoms with Crippen molar-refractivity contribution in [2.75, 3.05) is 13.7 Å². The fourth-order valence-corrected chi connectivity index (χ4v) is 2.41. The number of carbonyl (C=O) groups is 1. The molecule has 0 aromatic heterocycles. The Kier molecular flexibility index (Phi) is 7.26. The highest BCUT2D eigenvalue weighted by Gasteiger charge is 2.17. The third-order valence-electron chi connectivity index (χ3n) is 3.86. The van der Waals surface area contributed by atoms with E-state index in [0.717, 1.165) is 18.6 Å². The summed E-state index contributed by atoms with van der Waals surface area (Å²) in [7, 11) is 1.64. The monoisotopic (exact) mass is 345 g/mol. The largest absolute Gasteiger partial charge is 0.497 e. The summed E-state index contributed by atoms with van der Waals surface area (Å²) < 4.78 is 23.7. The van der Waals surface area contributed by atoms with E-state index < -0.39 is 6.10 Å². The molecule has 0 heterocycles. The summed E-state index contributed by atoms with van der Waals surface area (Å²) in [5.41, 5.74) is 1.20. The number of amides is 1. The van der Waals surface area contributed by atoms with Crippen molar-refractivity contribution in [2.24, 2.45) is 0 Å². The maximum absolute atomic E-state index is 12.9. The number of halogens is 1.